The predicted octanol–water partition coefficient (Wildman–Crippen LogP) is 4.44. The average molecular weight is 592 g/mol. The molecule has 0 spiro atoms. The number of nitrogens with one attached hydrogen (secondary N) is 2. The number of halogens is 4. The first-order chi connectivity index (χ1) is 20.2. The molecule has 3 aromatic rings. The topological polar surface area (TPSA) is 125 Å². The number of rotatable bonds is 15. The van der Waals surface area contributed by atoms with Crippen molar-refractivity contribution in [1.82, 2.24) is 24.8 Å². The summed E-state index contributed by atoms with van der Waals surface area (Å²) in [6.45, 7) is 2.55. The number of ether oxygens (including phenoxy) is 1. The molecule has 10 nitrogen and oxygen atoms in total. The summed E-state index contributed by atoms with van der Waals surface area (Å²) in [5.74, 6) is -0.681. The fourth-order valence-corrected chi connectivity index (χ4v) is 4.52. The van der Waals surface area contributed by atoms with Crippen LogP contribution in [0.4, 0.5) is 29.3 Å². The smallest absolute Gasteiger partial charge is 0.419 e. The van der Waals surface area contributed by atoms with E-state index in [1.54, 1.807) is 0 Å². The van der Waals surface area contributed by atoms with Crippen LogP contribution in [0.25, 0.3) is 0 Å². The molecule has 3 N–H and O–H groups in total. The number of carbonyl (C=O) groups is 1. The van der Waals surface area contributed by atoms with Gasteiger partial charge in [0.15, 0.2) is 0 Å². The van der Waals surface area contributed by atoms with Gasteiger partial charge in [-0.3, -0.25) is 9.88 Å². The summed E-state index contributed by atoms with van der Waals surface area (Å²) in [6.07, 6.45) is 3.79. The molecule has 0 fully saturated rings. The van der Waals surface area contributed by atoms with E-state index in [2.05, 4.69) is 37.7 Å². The Bertz CT molecular complexity index is 1310. The maximum absolute atomic E-state index is 13.4. The van der Waals surface area contributed by atoms with Crippen molar-refractivity contribution in [2.75, 3.05) is 43.4 Å². The van der Waals surface area contributed by atoms with Crippen LogP contribution in [0.5, 0.6) is 5.75 Å². The molecular formula is C28H33F4N7O3. The number of carboxylic acids is 1. The molecule has 4 heterocycles. The van der Waals surface area contributed by atoms with Crippen LogP contribution in [0.3, 0.4) is 0 Å². The minimum Gasteiger partial charge on any atom is -0.491 e. The van der Waals surface area contributed by atoms with E-state index in [9.17, 15) is 27.5 Å². The molecule has 226 valence electrons. The van der Waals surface area contributed by atoms with Gasteiger partial charge in [0.1, 0.15) is 30.0 Å². The molecule has 42 heavy (non-hydrogen) atoms. The predicted molar refractivity (Wildman–Crippen MR) is 147 cm³/mol. The van der Waals surface area contributed by atoms with Crippen molar-refractivity contribution in [2.45, 2.75) is 50.7 Å². The van der Waals surface area contributed by atoms with Gasteiger partial charge in [-0.2, -0.15) is 13.2 Å². The molecule has 3 aromatic heterocycles. The maximum Gasteiger partial charge on any atom is 0.419 e. The lowest BCUT2D eigenvalue weighted by molar-refractivity contribution is -0.139. The Hall–Kier alpha value is -4.07. The summed E-state index contributed by atoms with van der Waals surface area (Å²) in [4.78, 5) is 29.6. The molecule has 0 amide bonds. The average Bonchev–Trinajstić information content (AvgIpc) is 2.96. The zero-order chi connectivity index (χ0) is 30.0. The van der Waals surface area contributed by atoms with Crippen LogP contribution in [-0.4, -0.2) is 74.7 Å². The molecule has 0 aliphatic carbocycles. The molecule has 0 bridgehead atoms. The Labute approximate surface area is 240 Å². The van der Waals surface area contributed by atoms with Gasteiger partial charge in [-0.1, -0.05) is 6.07 Å². The van der Waals surface area contributed by atoms with Crippen LogP contribution < -0.4 is 15.4 Å². The van der Waals surface area contributed by atoms with Crippen LogP contribution >= 0.6 is 0 Å². The molecule has 1 atom stereocenters. The van der Waals surface area contributed by atoms with E-state index >= 15 is 0 Å². The first-order valence-electron chi connectivity index (χ1n) is 13.7. The van der Waals surface area contributed by atoms with Crippen LogP contribution in [-0.2, 0) is 23.8 Å². The number of hydrogen-bond donors (Lipinski definition) is 3. The number of fused-ring (bicyclic) bond motifs is 1. The molecule has 0 saturated heterocycles. The van der Waals surface area contributed by atoms with Crippen molar-refractivity contribution in [3.8, 4) is 5.75 Å². The lowest BCUT2D eigenvalue weighted by atomic mass is 10.1. The van der Waals surface area contributed by atoms with Gasteiger partial charge in [-0.25, -0.2) is 24.1 Å². The number of anilines is 2. The number of carboxylic acid groups (broad SMARTS) is 1. The highest BCUT2D eigenvalue weighted by Gasteiger charge is 2.31. The number of pyridine rings is 2. The third-order valence-corrected chi connectivity index (χ3v) is 6.78. The van der Waals surface area contributed by atoms with Gasteiger partial charge in [0.05, 0.1) is 18.0 Å². The zero-order valence-corrected chi connectivity index (χ0v) is 22.9. The Balaban J connectivity index is 1.32. The van der Waals surface area contributed by atoms with Crippen LogP contribution in [0, 0.1) is 5.82 Å². The summed E-state index contributed by atoms with van der Waals surface area (Å²) in [7, 11) is 0. The number of aryl methyl sites for hydroxylation is 2. The molecular weight excluding hydrogens is 558 g/mol. The Morgan fingerprint density at radius 1 is 1.12 bits per heavy atom. The molecule has 1 aliphatic rings. The van der Waals surface area contributed by atoms with Gasteiger partial charge in [0.25, 0.3) is 0 Å². The van der Waals surface area contributed by atoms with Gasteiger partial charge in [-0.05, 0) is 56.7 Å². The van der Waals surface area contributed by atoms with Crippen molar-refractivity contribution in [1.29, 1.82) is 0 Å². The lowest BCUT2D eigenvalue weighted by Gasteiger charge is -2.24. The summed E-state index contributed by atoms with van der Waals surface area (Å²) >= 11 is 0. The molecule has 14 heteroatoms. The van der Waals surface area contributed by atoms with E-state index in [1.807, 2.05) is 4.90 Å². The normalized spacial score (nSPS) is 13.7. The van der Waals surface area contributed by atoms with Crippen molar-refractivity contribution in [2.24, 2.45) is 0 Å². The van der Waals surface area contributed by atoms with Crippen molar-refractivity contribution >= 4 is 17.7 Å². The lowest BCUT2D eigenvalue weighted by Crippen LogP contribution is -2.37. The fraction of sp³-hybridized carbons (Fsp3) is 0.464. The zero-order valence-electron chi connectivity index (χ0n) is 22.9. The first kappa shape index (κ1) is 30.9. The Morgan fingerprint density at radius 2 is 1.93 bits per heavy atom. The molecule has 0 aromatic carbocycles. The number of nitrogens with zero attached hydrogens (tertiary/aromatic N) is 5. The number of aliphatic carboxylic acids is 1. The molecule has 0 unspecified atom stereocenters. The first-order valence-corrected chi connectivity index (χ1v) is 13.7. The quantitative estimate of drug-likeness (QED) is 0.173. The summed E-state index contributed by atoms with van der Waals surface area (Å²) < 4.78 is 57.5. The second-order valence-electron chi connectivity index (χ2n) is 9.94. The highest BCUT2D eigenvalue weighted by atomic mass is 19.4. The highest BCUT2D eigenvalue weighted by molar-refractivity contribution is 5.76. The second-order valence-corrected chi connectivity index (χ2v) is 9.94. The highest BCUT2D eigenvalue weighted by Crippen LogP contribution is 2.28. The van der Waals surface area contributed by atoms with E-state index in [4.69, 9.17) is 9.72 Å². The third-order valence-electron chi connectivity index (χ3n) is 6.78. The number of hydrogen-bond acceptors (Lipinski definition) is 9. The van der Waals surface area contributed by atoms with E-state index in [0.717, 1.165) is 56.4 Å². The van der Waals surface area contributed by atoms with Crippen LogP contribution in [0.1, 0.15) is 42.5 Å². The van der Waals surface area contributed by atoms with E-state index in [1.165, 1.54) is 17.8 Å². The molecule has 0 radical (unpaired) electrons. The fourth-order valence-electron chi connectivity index (χ4n) is 4.52. The van der Waals surface area contributed by atoms with Crippen molar-refractivity contribution in [3.05, 3.63) is 65.6 Å². The monoisotopic (exact) mass is 591 g/mol. The Morgan fingerprint density at radius 3 is 2.67 bits per heavy atom. The molecule has 1 aliphatic heterocycles. The number of aromatic nitrogens is 4. The third kappa shape index (κ3) is 9.50. The summed E-state index contributed by atoms with van der Waals surface area (Å²) in [6, 6.07) is 4.27. The van der Waals surface area contributed by atoms with E-state index < -0.39 is 29.6 Å². The van der Waals surface area contributed by atoms with Crippen LogP contribution in [0.2, 0.25) is 0 Å². The number of unbranched alkanes of at least 4 members (excludes halogenated alkanes) is 1. The van der Waals surface area contributed by atoms with Gasteiger partial charge < -0.3 is 20.5 Å². The minimum atomic E-state index is -4.60. The largest absolute Gasteiger partial charge is 0.491 e. The van der Waals surface area contributed by atoms with Gasteiger partial charge in [-0.15, -0.1) is 0 Å². The van der Waals surface area contributed by atoms with E-state index in [-0.39, 0.29) is 24.7 Å². The van der Waals surface area contributed by atoms with Crippen molar-refractivity contribution < 1.29 is 32.2 Å². The second kappa shape index (κ2) is 14.7. The van der Waals surface area contributed by atoms with Crippen molar-refractivity contribution in [3.63, 3.8) is 0 Å². The van der Waals surface area contributed by atoms with Gasteiger partial charge in [0, 0.05) is 43.8 Å². The minimum absolute atomic E-state index is 0.124. The van der Waals surface area contributed by atoms with E-state index in [0.29, 0.717) is 32.0 Å². The molecule has 4 rings (SSSR count). The Kier molecular flexibility index (Phi) is 10.8. The number of alkyl halides is 3. The SMILES string of the molecule is O=C(O)[C@H](CCN(CCCCc1ccc2c(n1)NCCC2)CCOc1cncc(F)c1)Nc1ncc(C(F)(F)F)cn1. The summed E-state index contributed by atoms with van der Waals surface area (Å²) in [5.41, 5.74) is 1.21. The standard InChI is InChI=1S/C28H33F4N7O3/c29-21-14-23(18-33-17-21)42-13-12-39(10-2-1-5-22-7-6-19-4-3-9-34-25(19)37-22)11-8-24(26(40)41)38-27-35-15-20(16-36-27)28(30,31)32/h6-7,14-18,24H,1-5,8-13H2,(H,34,37)(H,40,41)(H,35,36,38)/t24-/m0/s1. The maximum atomic E-state index is 13.4. The van der Waals surface area contributed by atoms with Gasteiger partial charge >= 0.3 is 12.1 Å². The molecule has 0 saturated carbocycles. The summed E-state index contributed by atoms with van der Waals surface area (Å²) in [5, 5.41) is 15.7. The van der Waals surface area contributed by atoms with Crippen LogP contribution in [0.15, 0.2) is 43.0 Å². The van der Waals surface area contributed by atoms with Gasteiger partial charge in [0.2, 0.25) is 5.95 Å².